The van der Waals surface area contributed by atoms with Crippen molar-refractivity contribution in [1.82, 2.24) is 4.98 Å². The summed E-state index contributed by atoms with van der Waals surface area (Å²) in [5.74, 6) is -2.13. The largest absolute Gasteiger partial charge is 0.481 e. The number of thioether (sulfide) groups is 1. The van der Waals surface area contributed by atoms with Crippen LogP contribution < -0.4 is 10.6 Å². The third kappa shape index (κ3) is 5.91. The van der Waals surface area contributed by atoms with E-state index in [1.54, 1.807) is 6.07 Å². The lowest BCUT2D eigenvalue weighted by Gasteiger charge is -2.27. The van der Waals surface area contributed by atoms with Crippen molar-refractivity contribution in [1.29, 1.82) is 0 Å². The van der Waals surface area contributed by atoms with Gasteiger partial charge in [-0.05, 0) is 55.7 Å². The highest BCUT2D eigenvalue weighted by molar-refractivity contribution is 8.01. The molecule has 0 bridgehead atoms. The van der Waals surface area contributed by atoms with Crippen LogP contribution in [0.3, 0.4) is 0 Å². The van der Waals surface area contributed by atoms with Crippen molar-refractivity contribution in [3.63, 3.8) is 0 Å². The molecular weight excluding hydrogens is 458 g/mol. The SMILES string of the molecule is Cc1cccc(NC(=O)CSc2nc3ccc(NC(=O)[C@@H]4CCCC[C@@H]4C(=O)O)cc3s2)c1. The van der Waals surface area contributed by atoms with Gasteiger partial charge in [0.25, 0.3) is 0 Å². The van der Waals surface area contributed by atoms with Crippen LogP contribution >= 0.6 is 23.1 Å². The van der Waals surface area contributed by atoms with E-state index in [-0.39, 0.29) is 17.6 Å². The lowest BCUT2D eigenvalue weighted by Crippen LogP contribution is -2.36. The maximum Gasteiger partial charge on any atom is 0.307 e. The molecule has 1 heterocycles. The first-order valence-electron chi connectivity index (χ1n) is 10.8. The molecule has 2 amide bonds. The number of carboxylic acid groups (broad SMARTS) is 1. The predicted octanol–water partition coefficient (Wildman–Crippen LogP) is 5.17. The summed E-state index contributed by atoms with van der Waals surface area (Å²) in [5, 5.41) is 15.2. The van der Waals surface area contributed by atoms with E-state index in [4.69, 9.17) is 0 Å². The van der Waals surface area contributed by atoms with E-state index >= 15 is 0 Å². The lowest BCUT2D eigenvalue weighted by atomic mass is 9.78. The molecule has 172 valence electrons. The molecule has 0 saturated heterocycles. The maximum absolute atomic E-state index is 12.7. The number of carbonyl (C=O) groups excluding carboxylic acids is 2. The number of carboxylic acids is 1. The number of thiazole rings is 1. The summed E-state index contributed by atoms with van der Waals surface area (Å²) < 4.78 is 1.67. The molecule has 3 N–H and O–H groups in total. The highest BCUT2D eigenvalue weighted by Crippen LogP contribution is 2.33. The third-order valence-electron chi connectivity index (χ3n) is 5.68. The minimum Gasteiger partial charge on any atom is -0.481 e. The molecule has 1 aliphatic carbocycles. The number of aryl methyl sites for hydroxylation is 1. The first-order valence-corrected chi connectivity index (χ1v) is 12.6. The first-order chi connectivity index (χ1) is 15.9. The predicted molar refractivity (Wildman–Crippen MR) is 132 cm³/mol. The smallest absolute Gasteiger partial charge is 0.307 e. The number of carbonyl (C=O) groups is 3. The Morgan fingerprint density at radius 2 is 1.82 bits per heavy atom. The highest BCUT2D eigenvalue weighted by atomic mass is 32.2. The van der Waals surface area contributed by atoms with E-state index < -0.39 is 17.8 Å². The summed E-state index contributed by atoms with van der Waals surface area (Å²) in [6, 6.07) is 13.1. The Hall–Kier alpha value is -2.91. The molecule has 0 spiro atoms. The average Bonchev–Trinajstić information content (AvgIpc) is 3.20. The van der Waals surface area contributed by atoms with Gasteiger partial charge in [-0.1, -0.05) is 36.7 Å². The second-order valence-electron chi connectivity index (χ2n) is 8.19. The fraction of sp³-hybridized carbons (Fsp3) is 0.333. The average molecular weight is 484 g/mol. The van der Waals surface area contributed by atoms with E-state index in [1.807, 2.05) is 43.3 Å². The van der Waals surface area contributed by atoms with Crippen LogP contribution in [0.5, 0.6) is 0 Å². The van der Waals surface area contributed by atoms with Crippen LogP contribution in [0, 0.1) is 18.8 Å². The van der Waals surface area contributed by atoms with Gasteiger partial charge in [0.2, 0.25) is 11.8 Å². The van der Waals surface area contributed by atoms with Crippen molar-refractivity contribution >= 4 is 62.5 Å². The summed E-state index contributed by atoms with van der Waals surface area (Å²) in [7, 11) is 0. The molecule has 0 aliphatic heterocycles. The lowest BCUT2D eigenvalue weighted by molar-refractivity contribution is -0.147. The molecule has 1 aliphatic rings. The van der Waals surface area contributed by atoms with Crippen LogP contribution in [0.25, 0.3) is 10.2 Å². The second-order valence-corrected chi connectivity index (χ2v) is 10.4. The van der Waals surface area contributed by atoms with Crippen molar-refractivity contribution in [2.24, 2.45) is 11.8 Å². The van der Waals surface area contributed by atoms with E-state index in [9.17, 15) is 19.5 Å². The van der Waals surface area contributed by atoms with Crippen LogP contribution in [0.15, 0.2) is 46.8 Å². The van der Waals surface area contributed by atoms with Gasteiger partial charge in [-0.3, -0.25) is 14.4 Å². The zero-order valence-electron chi connectivity index (χ0n) is 18.2. The van der Waals surface area contributed by atoms with Gasteiger partial charge in [0.05, 0.1) is 27.8 Å². The van der Waals surface area contributed by atoms with Crippen molar-refractivity contribution in [2.75, 3.05) is 16.4 Å². The van der Waals surface area contributed by atoms with Crippen molar-refractivity contribution in [2.45, 2.75) is 36.9 Å². The Bertz CT molecular complexity index is 1190. The standard InChI is InChI=1S/C24H25N3O4S2/c1-14-5-4-6-15(11-14)25-21(28)13-32-24-27-19-10-9-16(12-20(19)33-24)26-22(29)17-7-2-3-8-18(17)23(30)31/h4-6,9-12,17-18H,2-3,7-8,13H2,1H3,(H,25,28)(H,26,29)(H,30,31)/t17-,18+/m1/s1. The Labute approximate surface area is 200 Å². The number of amides is 2. The number of anilines is 2. The topological polar surface area (TPSA) is 108 Å². The molecule has 1 aromatic heterocycles. The molecular formula is C24H25N3O4S2. The highest BCUT2D eigenvalue weighted by Gasteiger charge is 2.35. The molecule has 33 heavy (non-hydrogen) atoms. The third-order valence-corrected chi connectivity index (χ3v) is 7.85. The summed E-state index contributed by atoms with van der Waals surface area (Å²) >= 11 is 2.82. The molecule has 1 fully saturated rings. The summed E-state index contributed by atoms with van der Waals surface area (Å²) in [6.45, 7) is 1.97. The van der Waals surface area contributed by atoms with Crippen LogP contribution in [0.4, 0.5) is 11.4 Å². The second kappa shape index (κ2) is 10.4. The number of benzene rings is 2. The van der Waals surface area contributed by atoms with Gasteiger partial charge >= 0.3 is 5.97 Å². The van der Waals surface area contributed by atoms with Crippen LogP contribution in [-0.4, -0.2) is 33.6 Å². The molecule has 3 aromatic rings. The monoisotopic (exact) mass is 483 g/mol. The van der Waals surface area contributed by atoms with Gasteiger partial charge in [0, 0.05) is 11.4 Å². The zero-order valence-corrected chi connectivity index (χ0v) is 19.8. The Morgan fingerprint density at radius 3 is 2.58 bits per heavy atom. The number of fused-ring (bicyclic) bond motifs is 1. The van der Waals surface area contributed by atoms with E-state index in [0.29, 0.717) is 18.5 Å². The molecule has 7 nitrogen and oxygen atoms in total. The van der Waals surface area contributed by atoms with Gasteiger partial charge in [0.15, 0.2) is 4.34 Å². The Morgan fingerprint density at radius 1 is 1.06 bits per heavy atom. The molecule has 2 atom stereocenters. The number of aromatic nitrogens is 1. The van der Waals surface area contributed by atoms with Crippen molar-refractivity contribution < 1.29 is 19.5 Å². The molecule has 1 saturated carbocycles. The van der Waals surface area contributed by atoms with Crippen LogP contribution in [0.2, 0.25) is 0 Å². The van der Waals surface area contributed by atoms with Gasteiger partial charge in [0.1, 0.15) is 0 Å². The van der Waals surface area contributed by atoms with Crippen molar-refractivity contribution in [3.8, 4) is 0 Å². The van der Waals surface area contributed by atoms with Crippen molar-refractivity contribution in [3.05, 3.63) is 48.0 Å². The molecule has 9 heteroatoms. The number of hydrogen-bond acceptors (Lipinski definition) is 6. The normalized spacial score (nSPS) is 18.1. The first kappa shape index (κ1) is 23.3. The maximum atomic E-state index is 12.7. The molecule has 0 unspecified atom stereocenters. The number of aliphatic carboxylic acids is 1. The van der Waals surface area contributed by atoms with Crippen LogP contribution in [0.1, 0.15) is 31.2 Å². The van der Waals surface area contributed by atoms with E-state index in [2.05, 4.69) is 15.6 Å². The number of hydrogen-bond donors (Lipinski definition) is 3. The van der Waals surface area contributed by atoms with Crippen LogP contribution in [-0.2, 0) is 14.4 Å². The Balaban J connectivity index is 1.37. The van der Waals surface area contributed by atoms with Gasteiger partial charge in [-0.25, -0.2) is 4.98 Å². The fourth-order valence-electron chi connectivity index (χ4n) is 4.07. The Kier molecular flexibility index (Phi) is 7.29. The number of nitrogens with zero attached hydrogens (tertiary/aromatic N) is 1. The molecule has 4 rings (SSSR count). The quantitative estimate of drug-likeness (QED) is 0.400. The summed E-state index contributed by atoms with van der Waals surface area (Å²) in [6.07, 6.45) is 2.85. The fourth-order valence-corrected chi connectivity index (χ4v) is 5.97. The minimum atomic E-state index is -0.902. The van der Waals surface area contributed by atoms with Gasteiger partial charge < -0.3 is 15.7 Å². The number of nitrogens with one attached hydrogen (secondary N) is 2. The zero-order chi connectivity index (χ0) is 23.4. The molecule has 0 radical (unpaired) electrons. The van der Waals surface area contributed by atoms with E-state index in [0.717, 1.165) is 38.6 Å². The van der Waals surface area contributed by atoms with Gasteiger partial charge in [-0.2, -0.15) is 0 Å². The van der Waals surface area contributed by atoms with E-state index in [1.165, 1.54) is 23.1 Å². The molecule has 2 aromatic carbocycles. The summed E-state index contributed by atoms with van der Waals surface area (Å²) in [4.78, 5) is 41.1. The van der Waals surface area contributed by atoms with Gasteiger partial charge in [-0.15, -0.1) is 11.3 Å². The minimum absolute atomic E-state index is 0.0988. The summed E-state index contributed by atoms with van der Waals surface area (Å²) in [5.41, 5.74) is 3.27. The number of rotatable bonds is 7.